The Bertz CT molecular complexity index is 848. The van der Waals surface area contributed by atoms with E-state index in [2.05, 4.69) is 29.4 Å². The van der Waals surface area contributed by atoms with Gasteiger partial charge >= 0.3 is 0 Å². The first kappa shape index (κ1) is 20.7. The van der Waals surface area contributed by atoms with Crippen LogP contribution < -0.4 is 9.62 Å². The molecule has 0 aliphatic carbocycles. The van der Waals surface area contributed by atoms with Crippen molar-refractivity contribution in [2.75, 3.05) is 21.9 Å². The first-order valence-corrected chi connectivity index (χ1v) is 11.5. The second kappa shape index (κ2) is 8.83. The van der Waals surface area contributed by atoms with Gasteiger partial charge in [-0.3, -0.25) is 14.4 Å². The van der Waals surface area contributed by atoms with Crippen LogP contribution in [-0.2, 0) is 10.0 Å². The maximum Gasteiger partial charge on any atom is 0.257 e. The van der Waals surface area contributed by atoms with E-state index >= 15 is 0 Å². The van der Waals surface area contributed by atoms with E-state index in [1.165, 1.54) is 15.6 Å². The van der Waals surface area contributed by atoms with Gasteiger partial charge in [-0.15, -0.1) is 10.2 Å². The molecule has 0 atom stereocenters. The summed E-state index contributed by atoms with van der Waals surface area (Å²) < 4.78 is 26.3. The molecule has 26 heavy (non-hydrogen) atoms. The topological polar surface area (TPSA) is 92.3 Å². The number of carbonyl (C=O) groups is 1. The van der Waals surface area contributed by atoms with Crippen molar-refractivity contribution in [3.63, 3.8) is 0 Å². The number of hydrogen-bond donors (Lipinski definition) is 1. The molecule has 1 N–H and O–H groups in total. The molecule has 0 radical (unpaired) electrons. The zero-order valence-corrected chi connectivity index (χ0v) is 17.5. The standard InChI is InChI=1S/C16H22N4O3S3/c1-5-20(26(22,23)6-2)13-9-7-12(8-10-13)14(21)17-15-18-19-16(25-15)24-11(3)4/h7-11H,5-6H2,1-4H3,(H,17,18,21). The van der Waals surface area contributed by atoms with Crippen LogP contribution in [0.4, 0.5) is 10.8 Å². The molecule has 1 aromatic carbocycles. The second-order valence-corrected chi connectivity index (χ2v) is 10.6. The first-order chi connectivity index (χ1) is 12.3. The Morgan fingerprint density at radius 3 is 2.42 bits per heavy atom. The number of hydrogen-bond acceptors (Lipinski definition) is 7. The number of nitrogens with zero attached hydrogens (tertiary/aromatic N) is 3. The average molecular weight is 415 g/mol. The SMILES string of the molecule is CCN(c1ccc(C(=O)Nc2nnc(SC(C)C)s2)cc1)S(=O)(=O)CC. The normalized spacial score (nSPS) is 11.6. The number of carbonyl (C=O) groups excluding carboxylic acids is 1. The number of rotatable bonds is 8. The van der Waals surface area contributed by atoms with Crippen molar-refractivity contribution >= 4 is 49.8 Å². The van der Waals surface area contributed by atoms with Crippen LogP contribution in [0.25, 0.3) is 0 Å². The maximum atomic E-state index is 12.3. The van der Waals surface area contributed by atoms with Gasteiger partial charge in [-0.2, -0.15) is 0 Å². The van der Waals surface area contributed by atoms with Gasteiger partial charge in [0.15, 0.2) is 4.34 Å². The fraction of sp³-hybridized carbons (Fsp3) is 0.438. The molecule has 0 aliphatic heterocycles. The highest BCUT2D eigenvalue weighted by Gasteiger charge is 2.19. The Kier molecular flexibility index (Phi) is 7.01. The van der Waals surface area contributed by atoms with Gasteiger partial charge in [0.1, 0.15) is 0 Å². The minimum atomic E-state index is -3.34. The third kappa shape index (κ3) is 5.18. The van der Waals surface area contributed by atoms with E-state index in [1.807, 2.05) is 0 Å². The number of amides is 1. The molecule has 2 aromatic rings. The fourth-order valence-electron chi connectivity index (χ4n) is 2.15. The molecule has 2 rings (SSSR count). The molecule has 0 aliphatic rings. The Hall–Kier alpha value is -1.65. The van der Waals surface area contributed by atoms with Crippen LogP contribution in [0.2, 0.25) is 0 Å². The van der Waals surface area contributed by atoms with Gasteiger partial charge in [0, 0.05) is 17.4 Å². The fourth-order valence-corrected chi connectivity index (χ4v) is 5.27. The Balaban J connectivity index is 2.10. The third-order valence-corrected chi connectivity index (χ3v) is 7.17. The number of thioether (sulfide) groups is 1. The molecule has 142 valence electrons. The van der Waals surface area contributed by atoms with Crippen molar-refractivity contribution in [1.82, 2.24) is 10.2 Å². The lowest BCUT2D eigenvalue weighted by Gasteiger charge is -2.22. The van der Waals surface area contributed by atoms with Gasteiger partial charge in [0.05, 0.1) is 11.4 Å². The van der Waals surface area contributed by atoms with E-state index < -0.39 is 10.0 Å². The summed E-state index contributed by atoms with van der Waals surface area (Å²) in [5, 5.41) is 11.5. The van der Waals surface area contributed by atoms with Crippen LogP contribution in [0.1, 0.15) is 38.1 Å². The van der Waals surface area contributed by atoms with Crippen LogP contribution in [-0.4, -0.2) is 42.1 Å². The van der Waals surface area contributed by atoms with E-state index in [1.54, 1.807) is 49.9 Å². The number of benzene rings is 1. The predicted octanol–water partition coefficient (Wildman–Crippen LogP) is 3.47. The van der Waals surface area contributed by atoms with Gasteiger partial charge in [-0.1, -0.05) is 36.9 Å². The molecular weight excluding hydrogens is 392 g/mol. The van der Waals surface area contributed by atoms with E-state index in [4.69, 9.17) is 0 Å². The monoisotopic (exact) mass is 414 g/mol. The van der Waals surface area contributed by atoms with Gasteiger partial charge in [-0.25, -0.2) is 8.42 Å². The molecule has 0 bridgehead atoms. The van der Waals surface area contributed by atoms with Crippen molar-refractivity contribution in [2.24, 2.45) is 0 Å². The lowest BCUT2D eigenvalue weighted by molar-refractivity contribution is 0.102. The minimum absolute atomic E-state index is 0.0246. The molecule has 10 heteroatoms. The number of nitrogens with one attached hydrogen (secondary N) is 1. The highest BCUT2D eigenvalue weighted by atomic mass is 32.2. The first-order valence-electron chi connectivity index (χ1n) is 8.18. The Morgan fingerprint density at radius 2 is 1.88 bits per heavy atom. The molecule has 0 spiro atoms. The summed E-state index contributed by atoms with van der Waals surface area (Å²) in [6.45, 7) is 7.83. The van der Waals surface area contributed by atoms with Crippen LogP contribution >= 0.6 is 23.1 Å². The summed E-state index contributed by atoms with van der Waals surface area (Å²) in [5.74, 6) is -0.285. The highest BCUT2D eigenvalue weighted by molar-refractivity contribution is 8.01. The summed E-state index contributed by atoms with van der Waals surface area (Å²) in [5.41, 5.74) is 0.962. The highest BCUT2D eigenvalue weighted by Crippen LogP contribution is 2.28. The van der Waals surface area contributed by atoms with Crippen molar-refractivity contribution in [3.8, 4) is 0 Å². The zero-order valence-electron chi connectivity index (χ0n) is 15.1. The Labute approximate surface area is 162 Å². The summed E-state index contributed by atoms with van der Waals surface area (Å²) in [4.78, 5) is 12.3. The zero-order chi connectivity index (χ0) is 19.3. The van der Waals surface area contributed by atoms with Crippen molar-refractivity contribution in [2.45, 2.75) is 37.3 Å². The number of anilines is 2. The number of sulfonamides is 1. The van der Waals surface area contributed by atoms with Crippen molar-refractivity contribution in [1.29, 1.82) is 0 Å². The largest absolute Gasteiger partial charge is 0.296 e. The summed E-state index contributed by atoms with van der Waals surface area (Å²) >= 11 is 2.91. The van der Waals surface area contributed by atoms with Crippen molar-refractivity contribution < 1.29 is 13.2 Å². The molecule has 1 amide bonds. The van der Waals surface area contributed by atoms with Gasteiger partial charge in [0.2, 0.25) is 15.2 Å². The predicted molar refractivity (Wildman–Crippen MR) is 108 cm³/mol. The van der Waals surface area contributed by atoms with Crippen LogP contribution in [0.5, 0.6) is 0 Å². The maximum absolute atomic E-state index is 12.3. The third-order valence-electron chi connectivity index (χ3n) is 3.37. The summed E-state index contributed by atoms with van der Waals surface area (Å²) in [7, 11) is -3.34. The van der Waals surface area contributed by atoms with Gasteiger partial charge < -0.3 is 0 Å². The second-order valence-electron chi connectivity index (χ2n) is 5.61. The van der Waals surface area contributed by atoms with Crippen molar-refractivity contribution in [3.05, 3.63) is 29.8 Å². The van der Waals surface area contributed by atoms with E-state index in [-0.39, 0.29) is 11.7 Å². The summed E-state index contributed by atoms with van der Waals surface area (Å²) in [6.07, 6.45) is 0. The van der Waals surface area contributed by atoms with Gasteiger partial charge in [-0.05, 0) is 38.1 Å². The average Bonchev–Trinajstić information content (AvgIpc) is 3.02. The van der Waals surface area contributed by atoms with E-state index in [0.717, 1.165) is 4.34 Å². The molecule has 1 heterocycles. The van der Waals surface area contributed by atoms with E-state index in [9.17, 15) is 13.2 Å². The molecule has 1 aromatic heterocycles. The molecule has 0 fully saturated rings. The van der Waals surface area contributed by atoms with Crippen LogP contribution in [0.15, 0.2) is 28.6 Å². The molecule has 0 unspecified atom stereocenters. The lowest BCUT2D eigenvalue weighted by atomic mass is 10.2. The molecular formula is C16H22N4O3S3. The molecule has 0 saturated carbocycles. The number of aromatic nitrogens is 2. The molecule has 0 saturated heterocycles. The van der Waals surface area contributed by atoms with E-state index in [0.29, 0.717) is 28.2 Å². The smallest absolute Gasteiger partial charge is 0.257 e. The molecule has 7 nitrogen and oxygen atoms in total. The van der Waals surface area contributed by atoms with Crippen LogP contribution in [0.3, 0.4) is 0 Å². The Morgan fingerprint density at radius 1 is 1.23 bits per heavy atom. The lowest BCUT2D eigenvalue weighted by Crippen LogP contribution is -2.32. The van der Waals surface area contributed by atoms with Gasteiger partial charge in [0.25, 0.3) is 5.91 Å². The quantitative estimate of drug-likeness (QED) is 0.525. The van der Waals surface area contributed by atoms with Crippen LogP contribution in [0, 0.1) is 0 Å². The summed E-state index contributed by atoms with van der Waals surface area (Å²) in [6, 6.07) is 6.46. The minimum Gasteiger partial charge on any atom is -0.296 e.